The number of fused-ring (bicyclic) bond motifs is 1. The van der Waals surface area contributed by atoms with Crippen LogP contribution in [0.2, 0.25) is 0 Å². The second kappa shape index (κ2) is 11.9. The smallest absolute Gasteiger partial charge is 0.242 e. The Labute approximate surface area is 220 Å². The van der Waals surface area contributed by atoms with Gasteiger partial charge in [-0.05, 0) is 54.0 Å². The molecule has 0 aliphatic carbocycles. The molecule has 2 amide bonds. The topological polar surface area (TPSA) is 59.1 Å². The zero-order valence-electron chi connectivity index (χ0n) is 20.7. The predicted octanol–water partition coefficient (Wildman–Crippen LogP) is 4.64. The van der Waals surface area contributed by atoms with Crippen LogP contribution >= 0.6 is 11.3 Å². The highest BCUT2D eigenvalue weighted by Gasteiger charge is 2.34. The molecule has 5 rings (SSSR count). The summed E-state index contributed by atoms with van der Waals surface area (Å²) >= 11 is 1.66. The molecule has 2 aliphatic rings. The number of rotatable bonds is 9. The molecule has 2 atom stereocenters. The van der Waals surface area contributed by atoms with E-state index in [0.29, 0.717) is 19.7 Å². The molecule has 2 aliphatic heterocycles. The average Bonchev–Trinajstić information content (AvgIpc) is 3.60. The van der Waals surface area contributed by atoms with Gasteiger partial charge in [-0.3, -0.25) is 9.59 Å². The van der Waals surface area contributed by atoms with Crippen molar-refractivity contribution in [3.8, 4) is 5.75 Å². The first-order valence-corrected chi connectivity index (χ1v) is 13.6. The number of amides is 2. The molecule has 0 spiro atoms. The Morgan fingerprint density at radius 2 is 1.92 bits per heavy atom. The number of hydrogen-bond acceptors (Lipinski definition) is 5. The van der Waals surface area contributed by atoms with Gasteiger partial charge < -0.3 is 19.3 Å². The molecule has 2 aromatic carbocycles. The zero-order valence-corrected chi connectivity index (χ0v) is 21.5. The standard InChI is InChI=1S/C29H31FN2O4S/c30-24-10-4-5-11-26(24)36-20-25-23-13-16-37-27(23)12-14-32(25)29(34)19-31(18-22-9-6-15-35-22)28(33)17-21-7-2-1-3-8-21/h1-5,7-8,10-11,13,16,22,25H,6,9,12,14-15,17-20H2/t22-,25+/m0/s1. The highest BCUT2D eigenvalue weighted by Crippen LogP contribution is 2.34. The molecule has 1 saturated heterocycles. The summed E-state index contributed by atoms with van der Waals surface area (Å²) in [5.41, 5.74) is 1.94. The molecule has 1 aromatic heterocycles. The first-order chi connectivity index (χ1) is 18.1. The molecular weight excluding hydrogens is 491 g/mol. The van der Waals surface area contributed by atoms with E-state index in [1.54, 1.807) is 39.3 Å². The summed E-state index contributed by atoms with van der Waals surface area (Å²) in [6.45, 7) is 1.72. The maximum absolute atomic E-state index is 14.2. The molecule has 3 heterocycles. The number of halogens is 1. The van der Waals surface area contributed by atoms with Crippen molar-refractivity contribution in [3.05, 3.63) is 87.9 Å². The van der Waals surface area contributed by atoms with Gasteiger partial charge in [-0.15, -0.1) is 11.3 Å². The number of hydrogen-bond donors (Lipinski definition) is 0. The van der Waals surface area contributed by atoms with E-state index in [1.165, 1.54) is 10.9 Å². The van der Waals surface area contributed by atoms with Gasteiger partial charge in [0.1, 0.15) is 6.61 Å². The third kappa shape index (κ3) is 6.19. The van der Waals surface area contributed by atoms with Gasteiger partial charge in [-0.25, -0.2) is 4.39 Å². The Hall–Kier alpha value is -3.23. The Morgan fingerprint density at radius 1 is 1.11 bits per heavy atom. The third-order valence-electron chi connectivity index (χ3n) is 6.97. The van der Waals surface area contributed by atoms with Gasteiger partial charge in [0, 0.05) is 24.6 Å². The molecule has 37 heavy (non-hydrogen) atoms. The lowest BCUT2D eigenvalue weighted by Gasteiger charge is -2.37. The van der Waals surface area contributed by atoms with Crippen LogP contribution in [0, 0.1) is 5.82 Å². The van der Waals surface area contributed by atoms with Crippen LogP contribution in [0.4, 0.5) is 4.39 Å². The van der Waals surface area contributed by atoms with Crippen LogP contribution in [0.1, 0.15) is 34.9 Å². The van der Waals surface area contributed by atoms with Gasteiger partial charge in [-0.1, -0.05) is 42.5 Å². The normalized spacial score (nSPS) is 18.9. The SMILES string of the molecule is O=C(Cc1ccccc1)N(CC(=O)N1CCc2sccc2[C@H]1COc1ccccc1F)C[C@@H]1CCCO1. The van der Waals surface area contributed by atoms with E-state index in [-0.39, 0.29) is 49.3 Å². The quantitative estimate of drug-likeness (QED) is 0.411. The van der Waals surface area contributed by atoms with E-state index in [1.807, 2.05) is 41.8 Å². The third-order valence-corrected chi connectivity index (χ3v) is 7.97. The molecule has 0 bridgehead atoms. The first-order valence-electron chi connectivity index (χ1n) is 12.7. The van der Waals surface area contributed by atoms with Crippen LogP contribution in [0.15, 0.2) is 66.0 Å². The number of ether oxygens (including phenoxy) is 2. The van der Waals surface area contributed by atoms with Crippen molar-refractivity contribution in [2.24, 2.45) is 0 Å². The molecule has 0 N–H and O–H groups in total. The molecular formula is C29H31FN2O4S. The number of carbonyl (C=O) groups excluding carboxylic acids is 2. The minimum Gasteiger partial charge on any atom is -0.488 e. The van der Waals surface area contributed by atoms with E-state index < -0.39 is 5.82 Å². The van der Waals surface area contributed by atoms with E-state index in [0.717, 1.165) is 30.4 Å². The second-order valence-electron chi connectivity index (χ2n) is 9.47. The largest absolute Gasteiger partial charge is 0.488 e. The number of thiophene rings is 1. The van der Waals surface area contributed by atoms with Gasteiger partial charge in [0.2, 0.25) is 11.8 Å². The predicted molar refractivity (Wildman–Crippen MR) is 140 cm³/mol. The van der Waals surface area contributed by atoms with Crippen LogP contribution in [-0.2, 0) is 27.2 Å². The number of para-hydroxylation sites is 1. The summed E-state index contributed by atoms with van der Waals surface area (Å²) in [7, 11) is 0. The fourth-order valence-corrected chi connectivity index (χ4v) is 5.96. The maximum atomic E-state index is 14.2. The van der Waals surface area contributed by atoms with E-state index in [9.17, 15) is 14.0 Å². The molecule has 1 fully saturated rings. The molecule has 3 aromatic rings. The summed E-state index contributed by atoms with van der Waals surface area (Å²) in [4.78, 5) is 31.7. The zero-order chi connectivity index (χ0) is 25.6. The molecule has 6 nitrogen and oxygen atoms in total. The van der Waals surface area contributed by atoms with Crippen LogP contribution in [0.3, 0.4) is 0 Å². The second-order valence-corrected chi connectivity index (χ2v) is 10.5. The van der Waals surface area contributed by atoms with Crippen molar-refractivity contribution >= 4 is 23.2 Å². The van der Waals surface area contributed by atoms with Crippen LogP contribution in [0.5, 0.6) is 5.75 Å². The van der Waals surface area contributed by atoms with Crippen LogP contribution in [-0.4, -0.2) is 60.6 Å². The van der Waals surface area contributed by atoms with Crippen molar-refractivity contribution in [2.45, 2.75) is 37.8 Å². The average molecular weight is 523 g/mol. The lowest BCUT2D eigenvalue weighted by atomic mass is 10.00. The van der Waals surface area contributed by atoms with E-state index in [2.05, 4.69) is 0 Å². The highest BCUT2D eigenvalue weighted by molar-refractivity contribution is 7.10. The van der Waals surface area contributed by atoms with Crippen molar-refractivity contribution in [3.63, 3.8) is 0 Å². The van der Waals surface area contributed by atoms with Gasteiger partial charge in [0.25, 0.3) is 0 Å². The number of benzene rings is 2. The Bertz CT molecular complexity index is 1210. The minimum atomic E-state index is -0.434. The van der Waals surface area contributed by atoms with E-state index >= 15 is 0 Å². The van der Waals surface area contributed by atoms with Gasteiger partial charge in [-0.2, -0.15) is 0 Å². The lowest BCUT2D eigenvalue weighted by molar-refractivity contribution is -0.143. The summed E-state index contributed by atoms with van der Waals surface area (Å²) in [6.07, 6.45) is 2.76. The Balaban J connectivity index is 1.32. The number of nitrogens with zero attached hydrogens (tertiary/aromatic N) is 2. The van der Waals surface area contributed by atoms with Crippen molar-refractivity contribution in [1.82, 2.24) is 9.80 Å². The van der Waals surface area contributed by atoms with Gasteiger partial charge in [0.05, 0.1) is 25.1 Å². The van der Waals surface area contributed by atoms with Gasteiger partial charge >= 0.3 is 0 Å². The summed E-state index contributed by atoms with van der Waals surface area (Å²) < 4.78 is 25.9. The summed E-state index contributed by atoms with van der Waals surface area (Å²) in [5.74, 6) is -0.507. The van der Waals surface area contributed by atoms with Crippen molar-refractivity contribution in [1.29, 1.82) is 0 Å². The molecule has 0 radical (unpaired) electrons. The fourth-order valence-electron chi connectivity index (χ4n) is 5.03. The molecule has 0 unspecified atom stereocenters. The molecule has 0 saturated carbocycles. The Kier molecular flexibility index (Phi) is 8.16. The first kappa shape index (κ1) is 25.4. The fraction of sp³-hybridized carbons (Fsp3) is 0.379. The van der Waals surface area contributed by atoms with Crippen LogP contribution in [0.25, 0.3) is 0 Å². The molecule has 194 valence electrons. The van der Waals surface area contributed by atoms with Crippen molar-refractivity contribution in [2.75, 3.05) is 32.8 Å². The van der Waals surface area contributed by atoms with Gasteiger partial charge in [0.15, 0.2) is 11.6 Å². The number of carbonyl (C=O) groups is 2. The van der Waals surface area contributed by atoms with Crippen LogP contribution < -0.4 is 4.74 Å². The highest BCUT2D eigenvalue weighted by atomic mass is 32.1. The maximum Gasteiger partial charge on any atom is 0.242 e. The minimum absolute atomic E-state index is 0.0266. The Morgan fingerprint density at radius 3 is 2.70 bits per heavy atom. The monoisotopic (exact) mass is 522 g/mol. The summed E-state index contributed by atoms with van der Waals surface area (Å²) in [5, 5.41) is 2.02. The molecule has 8 heteroatoms. The summed E-state index contributed by atoms with van der Waals surface area (Å²) in [6, 6.07) is 17.5. The lowest BCUT2D eigenvalue weighted by Crippen LogP contribution is -2.49. The van der Waals surface area contributed by atoms with Crippen molar-refractivity contribution < 1.29 is 23.5 Å². The van der Waals surface area contributed by atoms with E-state index in [4.69, 9.17) is 9.47 Å².